The van der Waals surface area contributed by atoms with E-state index in [2.05, 4.69) is 0 Å². The Morgan fingerprint density at radius 1 is 1.03 bits per heavy atom. The van der Waals surface area contributed by atoms with Gasteiger partial charge in [0.15, 0.2) is 17.2 Å². The number of likely N-dealkylation sites (tertiary alicyclic amines) is 2. The highest BCUT2D eigenvalue weighted by Crippen LogP contribution is 2.46. The molecule has 13 heteroatoms. The summed E-state index contributed by atoms with van der Waals surface area (Å²) >= 11 is 5.76. The molecule has 190 valence electrons. The van der Waals surface area contributed by atoms with Crippen LogP contribution in [0.2, 0.25) is 5.02 Å². The lowest BCUT2D eigenvalue weighted by molar-refractivity contribution is -0.192. The number of phenolic OH excluding ortho intramolecular Hbond substituents is 1. The highest BCUT2D eigenvalue weighted by Gasteiger charge is 2.70. The van der Waals surface area contributed by atoms with Crippen molar-refractivity contribution in [1.29, 1.82) is 0 Å². The number of halogens is 7. The van der Waals surface area contributed by atoms with Gasteiger partial charge >= 0.3 is 12.1 Å². The van der Waals surface area contributed by atoms with Crippen molar-refractivity contribution in [2.24, 2.45) is 0 Å². The van der Waals surface area contributed by atoms with Crippen molar-refractivity contribution < 1.29 is 46.1 Å². The fraction of sp³-hybridized carbons (Fsp3) is 0.364. The fourth-order valence-electron chi connectivity index (χ4n) is 4.06. The molecule has 4 rings (SSSR count). The van der Waals surface area contributed by atoms with Gasteiger partial charge in [-0.25, -0.2) is 18.0 Å². The summed E-state index contributed by atoms with van der Waals surface area (Å²) in [6.07, 6.45) is -5.08. The third-order valence-electron chi connectivity index (χ3n) is 5.64. The lowest BCUT2D eigenvalue weighted by Gasteiger charge is -2.22. The summed E-state index contributed by atoms with van der Waals surface area (Å²) in [6.45, 7) is -0.886. The van der Waals surface area contributed by atoms with Gasteiger partial charge in [-0.1, -0.05) is 41.9 Å². The molecule has 0 saturated carbocycles. The largest absolute Gasteiger partial charge is 0.504 e. The van der Waals surface area contributed by atoms with Gasteiger partial charge in [-0.05, 0) is 23.3 Å². The molecular weight excluding hydrogens is 506 g/mol. The lowest BCUT2D eigenvalue weighted by atomic mass is 9.93. The molecule has 1 amide bonds. The normalized spacial score (nSPS) is 24.2. The molecule has 2 atom stereocenters. The highest BCUT2D eigenvalue weighted by molar-refractivity contribution is 6.32. The van der Waals surface area contributed by atoms with Gasteiger partial charge in [0.25, 0.3) is 5.91 Å². The maximum atomic E-state index is 15.5. The number of carbonyl (C=O) groups is 2. The Kier molecular flexibility index (Phi) is 7.28. The van der Waals surface area contributed by atoms with Crippen LogP contribution in [0.15, 0.2) is 42.5 Å². The van der Waals surface area contributed by atoms with Crippen LogP contribution in [-0.4, -0.2) is 69.0 Å². The number of aliphatic carboxylic acids is 1. The average molecular weight is 525 g/mol. The molecular formula is C22H19ClF6N2O4. The zero-order chi connectivity index (χ0) is 26.2. The van der Waals surface area contributed by atoms with Gasteiger partial charge < -0.3 is 15.1 Å². The number of fused-ring (bicyclic) bond motifs is 1. The van der Waals surface area contributed by atoms with Gasteiger partial charge in [0.2, 0.25) is 5.67 Å². The van der Waals surface area contributed by atoms with E-state index in [4.69, 9.17) is 21.5 Å². The summed E-state index contributed by atoms with van der Waals surface area (Å²) in [5, 5.41) is 16.3. The molecule has 2 aliphatic rings. The molecule has 2 saturated heterocycles. The van der Waals surface area contributed by atoms with Gasteiger partial charge in [-0.15, -0.1) is 0 Å². The molecule has 2 aromatic rings. The van der Waals surface area contributed by atoms with Crippen LogP contribution in [-0.2, 0) is 22.7 Å². The molecule has 35 heavy (non-hydrogen) atoms. The molecule has 0 aliphatic carbocycles. The summed E-state index contributed by atoms with van der Waals surface area (Å²) < 4.78 is 76.3. The number of carbonyl (C=O) groups excluding carboxylic acids is 1. The number of aromatic hydroxyl groups is 1. The van der Waals surface area contributed by atoms with Crippen LogP contribution < -0.4 is 0 Å². The van der Waals surface area contributed by atoms with E-state index in [1.165, 1.54) is 15.9 Å². The first-order chi connectivity index (χ1) is 16.2. The van der Waals surface area contributed by atoms with E-state index in [1.807, 2.05) is 6.07 Å². The number of alkyl halides is 5. The quantitative estimate of drug-likeness (QED) is 0.589. The van der Waals surface area contributed by atoms with Crippen molar-refractivity contribution in [3.63, 3.8) is 0 Å². The molecule has 0 unspecified atom stereocenters. The first-order valence-corrected chi connectivity index (χ1v) is 10.4. The first kappa shape index (κ1) is 26.6. The Labute approximate surface area is 200 Å². The van der Waals surface area contributed by atoms with Crippen LogP contribution in [0.1, 0.15) is 11.1 Å². The minimum Gasteiger partial charge on any atom is -0.504 e. The number of hydrogen-bond donors (Lipinski definition) is 2. The number of benzene rings is 2. The molecule has 0 bridgehead atoms. The number of carboxylic acids is 1. The molecule has 0 spiro atoms. The summed E-state index contributed by atoms with van der Waals surface area (Å²) in [5.41, 5.74) is -3.81. The maximum Gasteiger partial charge on any atom is 0.490 e. The second kappa shape index (κ2) is 9.57. The smallest absolute Gasteiger partial charge is 0.490 e. The third-order valence-corrected chi connectivity index (χ3v) is 5.92. The monoisotopic (exact) mass is 524 g/mol. The Hall–Kier alpha value is -2.99. The van der Waals surface area contributed by atoms with Crippen LogP contribution in [0.4, 0.5) is 26.3 Å². The van der Waals surface area contributed by atoms with Crippen LogP contribution in [0, 0.1) is 5.82 Å². The molecule has 2 aliphatic heterocycles. The van der Waals surface area contributed by atoms with Gasteiger partial charge in [-0.3, -0.25) is 9.69 Å². The molecule has 2 fully saturated rings. The fourth-order valence-corrected chi connectivity index (χ4v) is 4.29. The van der Waals surface area contributed by atoms with Gasteiger partial charge in [-0.2, -0.15) is 13.2 Å². The van der Waals surface area contributed by atoms with E-state index in [9.17, 15) is 27.5 Å². The molecule has 2 N–H and O–H groups in total. The molecule has 6 nitrogen and oxygen atoms in total. The topological polar surface area (TPSA) is 81.1 Å². The molecule has 2 heterocycles. The van der Waals surface area contributed by atoms with E-state index in [0.717, 1.165) is 11.6 Å². The minimum atomic E-state index is -5.08. The highest BCUT2D eigenvalue weighted by atomic mass is 35.5. The Balaban J connectivity index is 0.000000429. The summed E-state index contributed by atoms with van der Waals surface area (Å²) in [5.74, 6) is -5.19. The van der Waals surface area contributed by atoms with Crippen molar-refractivity contribution in [3.8, 4) is 5.75 Å². The average Bonchev–Trinajstić information content (AvgIpc) is 3.10. The first-order valence-electron chi connectivity index (χ1n) is 10.1. The Morgan fingerprint density at radius 3 is 2.14 bits per heavy atom. The molecule has 2 aromatic carbocycles. The van der Waals surface area contributed by atoms with Crippen molar-refractivity contribution in [2.75, 3.05) is 19.6 Å². The van der Waals surface area contributed by atoms with Crippen molar-refractivity contribution in [3.05, 3.63) is 64.4 Å². The lowest BCUT2D eigenvalue weighted by Crippen LogP contribution is -2.47. The van der Waals surface area contributed by atoms with Crippen LogP contribution >= 0.6 is 11.6 Å². The SMILES string of the molecule is O=C(O)C(F)(F)F.O=C1N(Cc2ccccc2)C[C@@]2(F)CN(Cc3cc(F)c(O)c(Cl)c3)C[C@@]12F. The zero-order valence-corrected chi connectivity index (χ0v) is 18.6. The molecule has 0 radical (unpaired) electrons. The Morgan fingerprint density at radius 2 is 1.63 bits per heavy atom. The van der Waals surface area contributed by atoms with Gasteiger partial charge in [0, 0.05) is 26.2 Å². The number of carboxylic acid groups (broad SMARTS) is 1. The molecule has 0 aromatic heterocycles. The Bertz CT molecular complexity index is 1100. The van der Waals surface area contributed by atoms with Gasteiger partial charge in [0.05, 0.1) is 11.6 Å². The van der Waals surface area contributed by atoms with E-state index >= 15 is 8.78 Å². The predicted octanol–water partition coefficient (Wildman–Crippen LogP) is 4.09. The summed E-state index contributed by atoms with van der Waals surface area (Å²) in [4.78, 5) is 24.2. The number of phenols is 1. The van der Waals surface area contributed by atoms with Crippen molar-refractivity contribution >= 4 is 23.5 Å². The minimum absolute atomic E-state index is 0.0141. The summed E-state index contributed by atoms with van der Waals surface area (Å²) in [7, 11) is 0. The third kappa shape index (κ3) is 5.48. The number of amides is 1. The standard InChI is InChI=1S/C20H18ClF3N2O2.C2HF3O2/c21-15-6-14(7-16(22)17(15)27)8-25-10-19(23)11-26(18(28)20(19,24)12-25)9-13-4-2-1-3-5-13;3-2(4,5)1(6)7/h1-7,27H,8-12H2;(H,6,7)/t19-,20+;/m0./s1. The van der Waals surface area contributed by atoms with E-state index in [1.54, 1.807) is 24.3 Å². The van der Waals surface area contributed by atoms with Crippen LogP contribution in [0.5, 0.6) is 5.75 Å². The summed E-state index contributed by atoms with van der Waals surface area (Å²) in [6, 6.07) is 11.4. The number of nitrogens with zero attached hydrogens (tertiary/aromatic N) is 2. The number of rotatable bonds is 4. The maximum absolute atomic E-state index is 15.5. The van der Waals surface area contributed by atoms with Crippen molar-refractivity contribution in [1.82, 2.24) is 9.80 Å². The van der Waals surface area contributed by atoms with Gasteiger partial charge in [0.1, 0.15) is 0 Å². The van der Waals surface area contributed by atoms with E-state index < -0.39 is 47.5 Å². The van der Waals surface area contributed by atoms with E-state index in [0.29, 0.717) is 5.56 Å². The second-order valence-corrected chi connectivity index (χ2v) is 8.68. The van der Waals surface area contributed by atoms with Crippen LogP contribution in [0.3, 0.4) is 0 Å². The van der Waals surface area contributed by atoms with Crippen LogP contribution in [0.25, 0.3) is 0 Å². The second-order valence-electron chi connectivity index (χ2n) is 8.27. The van der Waals surface area contributed by atoms with Crippen molar-refractivity contribution in [2.45, 2.75) is 30.6 Å². The van der Waals surface area contributed by atoms with E-state index in [-0.39, 0.29) is 31.2 Å². The predicted molar refractivity (Wildman–Crippen MR) is 112 cm³/mol. The number of hydrogen-bond acceptors (Lipinski definition) is 4. The zero-order valence-electron chi connectivity index (χ0n) is 17.8.